The Morgan fingerprint density at radius 3 is 2.45 bits per heavy atom. The highest BCUT2D eigenvalue weighted by Crippen LogP contribution is 2.32. The molecule has 0 saturated carbocycles. The van der Waals surface area contributed by atoms with Gasteiger partial charge in [-0.3, -0.25) is 4.79 Å². The third-order valence-electron chi connectivity index (χ3n) is 3.79. The van der Waals surface area contributed by atoms with Gasteiger partial charge in [0.15, 0.2) is 5.79 Å². The Kier molecular flexibility index (Phi) is 3.70. The summed E-state index contributed by atoms with van der Waals surface area (Å²) < 4.78 is 12.1. The van der Waals surface area contributed by atoms with E-state index >= 15 is 0 Å². The van der Waals surface area contributed by atoms with Crippen LogP contribution in [-0.2, 0) is 9.47 Å². The van der Waals surface area contributed by atoms with Crippen molar-refractivity contribution in [3.8, 4) is 0 Å². The minimum Gasteiger partial charge on any atom is -0.399 e. The van der Waals surface area contributed by atoms with Crippen molar-refractivity contribution in [2.75, 3.05) is 32.0 Å². The fourth-order valence-electron chi connectivity index (χ4n) is 2.75. The Hall–Kier alpha value is -1.11. The van der Waals surface area contributed by atoms with Crippen molar-refractivity contribution >= 4 is 27.5 Å². The summed E-state index contributed by atoms with van der Waals surface area (Å²) in [5.74, 6) is -0.446. The Bertz CT molecular complexity index is 499. The first-order chi connectivity index (χ1) is 9.58. The Morgan fingerprint density at radius 2 is 1.85 bits per heavy atom. The van der Waals surface area contributed by atoms with Gasteiger partial charge in [-0.2, -0.15) is 0 Å². The maximum absolute atomic E-state index is 12.5. The lowest BCUT2D eigenvalue weighted by atomic mass is 10.0. The van der Waals surface area contributed by atoms with E-state index in [-0.39, 0.29) is 5.91 Å². The van der Waals surface area contributed by atoms with Crippen LogP contribution in [0.3, 0.4) is 0 Å². The zero-order valence-electron chi connectivity index (χ0n) is 11.1. The molecular weight excluding hydrogens is 324 g/mol. The molecule has 0 aliphatic carbocycles. The number of halogens is 1. The summed E-state index contributed by atoms with van der Waals surface area (Å²) in [5.41, 5.74) is 6.97. The van der Waals surface area contributed by atoms with E-state index in [1.807, 2.05) is 4.90 Å². The molecule has 2 saturated heterocycles. The van der Waals surface area contributed by atoms with Gasteiger partial charge in [0, 0.05) is 41.7 Å². The van der Waals surface area contributed by atoms with Crippen LogP contribution < -0.4 is 5.73 Å². The summed E-state index contributed by atoms with van der Waals surface area (Å²) in [6.07, 6.45) is 1.45. The van der Waals surface area contributed by atoms with Crippen molar-refractivity contribution in [2.24, 2.45) is 0 Å². The van der Waals surface area contributed by atoms with Crippen molar-refractivity contribution in [1.29, 1.82) is 0 Å². The molecule has 2 aliphatic heterocycles. The van der Waals surface area contributed by atoms with E-state index in [2.05, 4.69) is 15.9 Å². The maximum atomic E-state index is 12.5. The molecule has 1 aromatic rings. The predicted octanol–water partition coefficient (Wildman–Crippen LogP) is 2.01. The predicted molar refractivity (Wildman–Crippen MR) is 78.3 cm³/mol. The molecule has 1 aromatic carbocycles. The van der Waals surface area contributed by atoms with Gasteiger partial charge in [-0.05, 0) is 18.2 Å². The van der Waals surface area contributed by atoms with Crippen molar-refractivity contribution in [3.63, 3.8) is 0 Å². The molecule has 6 heteroatoms. The fourth-order valence-corrected chi connectivity index (χ4v) is 3.27. The van der Waals surface area contributed by atoms with Crippen LogP contribution in [0.4, 0.5) is 5.69 Å². The van der Waals surface area contributed by atoms with Gasteiger partial charge in [-0.25, -0.2) is 0 Å². The quantitative estimate of drug-likeness (QED) is 0.794. The van der Waals surface area contributed by atoms with Crippen molar-refractivity contribution in [1.82, 2.24) is 4.90 Å². The Balaban J connectivity index is 1.69. The number of hydrogen-bond donors (Lipinski definition) is 1. The molecule has 2 N–H and O–H groups in total. The second-order valence-corrected chi connectivity index (χ2v) is 6.09. The van der Waals surface area contributed by atoms with Gasteiger partial charge in [-0.1, -0.05) is 15.9 Å². The highest BCUT2D eigenvalue weighted by molar-refractivity contribution is 9.10. The normalized spacial score (nSPS) is 21.4. The molecule has 0 radical (unpaired) electrons. The molecular formula is C14H17BrN2O3. The number of piperidine rings is 1. The number of nitrogens with two attached hydrogens (primary N) is 1. The minimum atomic E-state index is -0.451. The van der Waals surface area contributed by atoms with E-state index in [0.29, 0.717) is 37.6 Å². The van der Waals surface area contributed by atoms with Crippen LogP contribution in [0, 0.1) is 0 Å². The number of benzene rings is 1. The molecule has 2 fully saturated rings. The highest BCUT2D eigenvalue weighted by atomic mass is 79.9. The molecule has 20 heavy (non-hydrogen) atoms. The monoisotopic (exact) mass is 340 g/mol. The third-order valence-corrected chi connectivity index (χ3v) is 4.25. The standard InChI is InChI=1S/C14H17BrN2O3/c15-11-7-10(8-12(16)9-11)13(18)17-3-1-14(2-4-17)19-5-6-20-14/h7-9H,1-6,16H2. The second kappa shape index (κ2) is 5.35. The number of carbonyl (C=O) groups is 1. The van der Waals surface area contributed by atoms with Crippen LogP contribution in [0.15, 0.2) is 22.7 Å². The van der Waals surface area contributed by atoms with Crippen molar-refractivity contribution in [2.45, 2.75) is 18.6 Å². The topological polar surface area (TPSA) is 64.8 Å². The van der Waals surface area contributed by atoms with E-state index in [9.17, 15) is 4.79 Å². The van der Waals surface area contributed by atoms with Gasteiger partial charge in [0.25, 0.3) is 5.91 Å². The summed E-state index contributed by atoms with van der Waals surface area (Å²) in [5, 5.41) is 0. The van der Waals surface area contributed by atoms with Gasteiger partial charge in [-0.15, -0.1) is 0 Å². The van der Waals surface area contributed by atoms with Crippen LogP contribution in [0.2, 0.25) is 0 Å². The molecule has 0 bridgehead atoms. The maximum Gasteiger partial charge on any atom is 0.253 e. The summed E-state index contributed by atoms with van der Waals surface area (Å²) in [7, 11) is 0. The molecule has 2 aliphatic rings. The fraction of sp³-hybridized carbons (Fsp3) is 0.500. The van der Waals surface area contributed by atoms with Gasteiger partial charge in [0.05, 0.1) is 13.2 Å². The lowest BCUT2D eigenvalue weighted by Gasteiger charge is -2.37. The number of anilines is 1. The SMILES string of the molecule is Nc1cc(Br)cc(C(=O)N2CCC3(CC2)OCCO3)c1. The Labute approximate surface area is 126 Å². The highest BCUT2D eigenvalue weighted by Gasteiger charge is 2.40. The number of ether oxygens (including phenoxy) is 2. The first-order valence-electron chi connectivity index (χ1n) is 6.71. The van der Waals surface area contributed by atoms with Crippen molar-refractivity contribution < 1.29 is 14.3 Å². The van der Waals surface area contributed by atoms with E-state index in [0.717, 1.165) is 17.3 Å². The number of carbonyl (C=O) groups excluding carboxylic acids is 1. The average Bonchev–Trinajstić information content (AvgIpc) is 2.86. The first kappa shape index (κ1) is 13.9. The van der Waals surface area contributed by atoms with Crippen molar-refractivity contribution in [3.05, 3.63) is 28.2 Å². The molecule has 2 heterocycles. The number of nitrogens with zero attached hydrogens (tertiary/aromatic N) is 1. The van der Waals surface area contributed by atoms with E-state index in [1.54, 1.807) is 18.2 Å². The zero-order valence-corrected chi connectivity index (χ0v) is 12.7. The second-order valence-electron chi connectivity index (χ2n) is 5.17. The lowest BCUT2D eigenvalue weighted by molar-refractivity contribution is -0.181. The van der Waals surface area contributed by atoms with Crippen LogP contribution in [0.25, 0.3) is 0 Å². The Morgan fingerprint density at radius 1 is 1.20 bits per heavy atom. The summed E-state index contributed by atoms with van der Waals surface area (Å²) >= 11 is 3.36. The third kappa shape index (κ3) is 2.68. The largest absolute Gasteiger partial charge is 0.399 e. The van der Waals surface area contributed by atoms with Crippen LogP contribution >= 0.6 is 15.9 Å². The number of amides is 1. The van der Waals surface area contributed by atoms with Gasteiger partial charge >= 0.3 is 0 Å². The zero-order chi connectivity index (χ0) is 14.2. The van der Waals surface area contributed by atoms with Crippen LogP contribution in [-0.4, -0.2) is 42.9 Å². The van der Waals surface area contributed by atoms with Crippen LogP contribution in [0.5, 0.6) is 0 Å². The summed E-state index contributed by atoms with van der Waals surface area (Å²) in [6.45, 7) is 2.59. The van der Waals surface area contributed by atoms with E-state index < -0.39 is 5.79 Å². The summed E-state index contributed by atoms with van der Waals surface area (Å²) in [4.78, 5) is 14.3. The van der Waals surface area contributed by atoms with E-state index in [1.165, 1.54) is 0 Å². The number of hydrogen-bond acceptors (Lipinski definition) is 4. The number of nitrogen functional groups attached to an aromatic ring is 1. The molecule has 0 atom stereocenters. The molecule has 1 amide bonds. The molecule has 108 valence electrons. The summed E-state index contributed by atoms with van der Waals surface area (Å²) in [6, 6.07) is 5.29. The number of likely N-dealkylation sites (tertiary alicyclic amines) is 1. The molecule has 0 aromatic heterocycles. The minimum absolute atomic E-state index is 0.00541. The van der Waals surface area contributed by atoms with E-state index in [4.69, 9.17) is 15.2 Å². The van der Waals surface area contributed by atoms with Gasteiger partial charge in [0.1, 0.15) is 0 Å². The lowest BCUT2D eigenvalue weighted by Crippen LogP contribution is -2.47. The smallest absolute Gasteiger partial charge is 0.253 e. The molecule has 1 spiro atoms. The average molecular weight is 341 g/mol. The molecule has 3 rings (SSSR count). The first-order valence-corrected chi connectivity index (χ1v) is 7.51. The molecule has 5 nitrogen and oxygen atoms in total. The number of rotatable bonds is 1. The molecule has 0 unspecified atom stereocenters. The van der Waals surface area contributed by atoms with Gasteiger partial charge in [0.2, 0.25) is 0 Å². The van der Waals surface area contributed by atoms with Gasteiger partial charge < -0.3 is 20.1 Å². The van der Waals surface area contributed by atoms with Crippen LogP contribution in [0.1, 0.15) is 23.2 Å².